The molecule has 0 unspecified atom stereocenters. The van der Waals surface area contributed by atoms with Gasteiger partial charge in [-0.25, -0.2) is 0 Å². The minimum Gasteiger partial charge on any atom is -0.310 e. The Hall–Kier alpha value is -6.90. The second-order valence-corrected chi connectivity index (χ2v) is 15.5. The van der Waals surface area contributed by atoms with E-state index in [9.17, 15) is 0 Å². The van der Waals surface area contributed by atoms with Gasteiger partial charge in [0.05, 0.1) is 5.69 Å². The van der Waals surface area contributed by atoms with Crippen molar-refractivity contribution in [2.75, 3.05) is 9.80 Å². The van der Waals surface area contributed by atoms with Crippen LogP contribution in [0.25, 0.3) is 44.5 Å². The van der Waals surface area contributed by atoms with E-state index in [1.165, 1.54) is 43.6 Å². The Bertz CT molecular complexity index is 2810. The highest BCUT2D eigenvalue weighted by Gasteiger charge is 2.19. The highest BCUT2D eigenvalue weighted by Crippen LogP contribution is 2.43. The fraction of sp³-hybridized carbons (Fsp3) is 0.0741. The standard InChI is InChI=1S/C54H44N2/c1-54(2,3)44-28-35-48(36-29-44)56(53-38-43-15-9-10-18-50(43)51-19-11-12-20-52(51)53)47-32-25-40(26-33-47)22-21-39-23-30-46(31-24-39)55(45-16-5-4-6-17-45)49-34-27-41-13-7-8-14-42(41)37-49/h4-38H,1-3H3/b22-21+. The molecule has 0 amide bonds. The molecule has 0 fully saturated rings. The van der Waals surface area contributed by atoms with Crippen LogP contribution in [0.3, 0.4) is 0 Å². The molecule has 0 radical (unpaired) electrons. The van der Waals surface area contributed by atoms with Gasteiger partial charge in [0.2, 0.25) is 0 Å². The molecule has 0 saturated carbocycles. The molecule has 9 rings (SSSR count). The van der Waals surface area contributed by atoms with E-state index in [4.69, 9.17) is 0 Å². The minimum absolute atomic E-state index is 0.0752. The monoisotopic (exact) mass is 720 g/mol. The quantitative estimate of drug-likeness (QED) is 0.114. The molecule has 0 spiro atoms. The van der Waals surface area contributed by atoms with Gasteiger partial charge in [-0.2, -0.15) is 0 Å². The Balaban J connectivity index is 1.03. The molecule has 270 valence electrons. The molecule has 9 aromatic carbocycles. The predicted molar refractivity (Wildman–Crippen MR) is 242 cm³/mol. The third-order valence-corrected chi connectivity index (χ3v) is 10.8. The van der Waals surface area contributed by atoms with E-state index >= 15 is 0 Å². The van der Waals surface area contributed by atoms with Gasteiger partial charge >= 0.3 is 0 Å². The minimum atomic E-state index is 0.0752. The maximum Gasteiger partial charge on any atom is 0.0546 e. The van der Waals surface area contributed by atoms with Crippen molar-refractivity contribution in [2.45, 2.75) is 26.2 Å². The van der Waals surface area contributed by atoms with Crippen molar-refractivity contribution >= 4 is 78.6 Å². The first-order chi connectivity index (χ1) is 27.4. The third kappa shape index (κ3) is 6.94. The van der Waals surface area contributed by atoms with Crippen LogP contribution < -0.4 is 9.80 Å². The fourth-order valence-corrected chi connectivity index (χ4v) is 7.76. The van der Waals surface area contributed by atoms with E-state index in [0.29, 0.717) is 0 Å². The van der Waals surface area contributed by atoms with E-state index in [-0.39, 0.29) is 5.41 Å². The number of rotatable bonds is 8. The lowest BCUT2D eigenvalue weighted by atomic mass is 9.87. The van der Waals surface area contributed by atoms with Crippen LogP contribution in [0.2, 0.25) is 0 Å². The second kappa shape index (κ2) is 14.7. The number of fused-ring (bicyclic) bond motifs is 4. The molecule has 0 aliphatic carbocycles. The summed E-state index contributed by atoms with van der Waals surface area (Å²) in [6, 6.07) is 72.4. The summed E-state index contributed by atoms with van der Waals surface area (Å²) in [7, 11) is 0. The summed E-state index contributed by atoms with van der Waals surface area (Å²) in [6.45, 7) is 6.80. The van der Waals surface area contributed by atoms with Gasteiger partial charge in [-0.15, -0.1) is 0 Å². The molecular weight excluding hydrogens is 677 g/mol. The lowest BCUT2D eigenvalue weighted by Gasteiger charge is -2.28. The zero-order chi connectivity index (χ0) is 38.1. The van der Waals surface area contributed by atoms with Crippen LogP contribution in [0.5, 0.6) is 0 Å². The van der Waals surface area contributed by atoms with Crippen LogP contribution >= 0.6 is 0 Å². The largest absolute Gasteiger partial charge is 0.310 e. The van der Waals surface area contributed by atoms with Gasteiger partial charge in [-0.05, 0) is 116 Å². The van der Waals surface area contributed by atoms with E-state index in [1.807, 2.05) is 0 Å². The molecule has 0 N–H and O–H groups in total. The molecule has 0 aliphatic rings. The van der Waals surface area contributed by atoms with Gasteiger partial charge in [-0.1, -0.05) is 166 Å². The number of hydrogen-bond acceptors (Lipinski definition) is 2. The maximum atomic E-state index is 2.40. The van der Waals surface area contributed by atoms with Gasteiger partial charge in [0.25, 0.3) is 0 Å². The van der Waals surface area contributed by atoms with Crippen molar-refractivity contribution in [3.8, 4) is 0 Å². The number of benzene rings is 9. The van der Waals surface area contributed by atoms with Crippen molar-refractivity contribution in [1.82, 2.24) is 0 Å². The molecular formula is C54H44N2. The average Bonchev–Trinajstić information content (AvgIpc) is 3.24. The van der Waals surface area contributed by atoms with Gasteiger partial charge in [0.1, 0.15) is 0 Å². The van der Waals surface area contributed by atoms with Crippen LogP contribution in [0.15, 0.2) is 200 Å². The van der Waals surface area contributed by atoms with Crippen molar-refractivity contribution in [1.29, 1.82) is 0 Å². The zero-order valence-corrected chi connectivity index (χ0v) is 32.1. The summed E-state index contributed by atoms with van der Waals surface area (Å²) in [5, 5.41) is 7.44. The summed E-state index contributed by atoms with van der Waals surface area (Å²) in [6.07, 6.45) is 4.40. The average molecular weight is 721 g/mol. The van der Waals surface area contributed by atoms with Crippen molar-refractivity contribution in [2.24, 2.45) is 0 Å². The molecule has 9 aromatic rings. The molecule has 56 heavy (non-hydrogen) atoms. The Morgan fingerprint density at radius 3 is 1.43 bits per heavy atom. The lowest BCUT2D eigenvalue weighted by Crippen LogP contribution is -2.13. The van der Waals surface area contributed by atoms with E-state index in [0.717, 1.165) is 39.6 Å². The van der Waals surface area contributed by atoms with Crippen molar-refractivity contribution in [3.63, 3.8) is 0 Å². The van der Waals surface area contributed by atoms with E-state index in [2.05, 4.69) is 243 Å². The predicted octanol–water partition coefficient (Wildman–Crippen LogP) is 15.6. The second-order valence-electron chi connectivity index (χ2n) is 15.5. The van der Waals surface area contributed by atoms with Crippen LogP contribution in [-0.4, -0.2) is 0 Å². The highest BCUT2D eigenvalue weighted by atomic mass is 15.1. The Morgan fingerprint density at radius 2 is 0.804 bits per heavy atom. The molecule has 0 bridgehead atoms. The van der Waals surface area contributed by atoms with Crippen LogP contribution in [0.4, 0.5) is 34.1 Å². The van der Waals surface area contributed by atoms with Gasteiger partial charge in [0, 0.05) is 33.8 Å². The smallest absolute Gasteiger partial charge is 0.0546 e. The SMILES string of the molecule is CC(C)(C)c1ccc(N(c2ccc(/C=C/c3ccc(N(c4ccccc4)c4ccc5ccccc5c4)cc3)cc2)c2cc3ccccc3c3ccccc23)cc1. The first-order valence-electron chi connectivity index (χ1n) is 19.4. The van der Waals surface area contributed by atoms with Crippen LogP contribution in [0.1, 0.15) is 37.5 Å². The Kier molecular flexibility index (Phi) is 9.17. The molecule has 0 saturated heterocycles. The van der Waals surface area contributed by atoms with E-state index < -0.39 is 0 Å². The first kappa shape index (κ1) is 34.8. The Labute approximate surface area is 330 Å². The number of nitrogens with zero attached hydrogens (tertiary/aromatic N) is 2. The van der Waals surface area contributed by atoms with Crippen LogP contribution in [-0.2, 0) is 5.41 Å². The molecule has 0 heterocycles. The Morgan fingerprint density at radius 1 is 0.339 bits per heavy atom. The molecule has 2 nitrogen and oxygen atoms in total. The molecule has 0 aliphatic heterocycles. The van der Waals surface area contributed by atoms with Crippen molar-refractivity contribution < 1.29 is 0 Å². The third-order valence-electron chi connectivity index (χ3n) is 10.8. The first-order valence-corrected chi connectivity index (χ1v) is 19.4. The lowest BCUT2D eigenvalue weighted by molar-refractivity contribution is 0.590. The van der Waals surface area contributed by atoms with Gasteiger partial charge in [-0.3, -0.25) is 0 Å². The van der Waals surface area contributed by atoms with Crippen LogP contribution in [0, 0.1) is 0 Å². The summed E-state index contributed by atoms with van der Waals surface area (Å²) in [4.78, 5) is 4.72. The molecule has 0 atom stereocenters. The topological polar surface area (TPSA) is 6.48 Å². The summed E-state index contributed by atoms with van der Waals surface area (Å²) in [5.74, 6) is 0. The number of anilines is 6. The van der Waals surface area contributed by atoms with E-state index in [1.54, 1.807) is 0 Å². The molecule has 2 heteroatoms. The highest BCUT2D eigenvalue weighted by molar-refractivity contribution is 6.14. The van der Waals surface area contributed by atoms with Gasteiger partial charge in [0.15, 0.2) is 0 Å². The zero-order valence-electron chi connectivity index (χ0n) is 32.1. The number of para-hydroxylation sites is 1. The maximum absolute atomic E-state index is 2.40. The van der Waals surface area contributed by atoms with Gasteiger partial charge < -0.3 is 9.80 Å². The normalized spacial score (nSPS) is 11.8. The molecule has 0 aromatic heterocycles. The van der Waals surface area contributed by atoms with Crippen molar-refractivity contribution in [3.05, 3.63) is 217 Å². The summed E-state index contributed by atoms with van der Waals surface area (Å²) < 4.78 is 0. The summed E-state index contributed by atoms with van der Waals surface area (Å²) >= 11 is 0. The number of hydrogen-bond donors (Lipinski definition) is 0. The fourth-order valence-electron chi connectivity index (χ4n) is 7.76. The summed E-state index contributed by atoms with van der Waals surface area (Å²) in [5.41, 5.74) is 10.5.